The van der Waals surface area contributed by atoms with Crippen LogP contribution in [0.15, 0.2) is 54.6 Å². The number of thiol groups is 1. The van der Waals surface area contributed by atoms with Gasteiger partial charge in [-0.05, 0) is 80.7 Å². The van der Waals surface area contributed by atoms with Crippen LogP contribution in [-0.2, 0) is 65.6 Å². The van der Waals surface area contributed by atoms with E-state index in [-0.39, 0.29) is 49.6 Å². The normalized spacial score (nSPS) is 15.8. The van der Waals surface area contributed by atoms with E-state index in [2.05, 4.69) is 49.8 Å². The molecule has 8 atom stereocenters. The Hall–Kier alpha value is -7.32. The molecule has 0 radical (unpaired) electrons. The summed E-state index contributed by atoms with van der Waals surface area (Å²) in [6, 6.07) is 3.65. The molecule has 0 aliphatic carbocycles. The van der Waals surface area contributed by atoms with Crippen LogP contribution in [0.5, 0.6) is 5.75 Å². The maximum absolute atomic E-state index is 14.0. The number of aliphatic carboxylic acids is 3. The molecule has 0 aromatic heterocycles. The molecule has 1 aliphatic heterocycles. The van der Waals surface area contributed by atoms with E-state index in [4.69, 9.17) is 11.5 Å². The molecular formula is C50H72N10O15S. The van der Waals surface area contributed by atoms with Gasteiger partial charge in [-0.3, -0.25) is 47.9 Å². The fourth-order valence-electron chi connectivity index (χ4n) is 8.13. The summed E-state index contributed by atoms with van der Waals surface area (Å²) in [6.07, 6.45) is -0.557. The molecule has 1 fully saturated rings. The number of hydrogen-bond donors (Lipinski definition) is 14. The van der Waals surface area contributed by atoms with Crippen molar-refractivity contribution in [3.05, 3.63) is 65.7 Å². The van der Waals surface area contributed by atoms with Crippen molar-refractivity contribution in [2.75, 3.05) is 25.4 Å². The number of amides is 8. The van der Waals surface area contributed by atoms with Crippen molar-refractivity contribution in [2.45, 2.75) is 139 Å². The van der Waals surface area contributed by atoms with Gasteiger partial charge in [0.25, 0.3) is 0 Å². The average molecular weight is 1090 g/mol. The molecule has 2 aromatic rings. The summed E-state index contributed by atoms with van der Waals surface area (Å²) in [6.45, 7) is 3.14. The lowest BCUT2D eigenvalue weighted by atomic mass is 10.0. The van der Waals surface area contributed by atoms with Crippen molar-refractivity contribution < 1.29 is 73.2 Å². The highest BCUT2D eigenvalue weighted by atomic mass is 32.1. The SMILES string of the molecule is CC(C)C[C@H](NC(=O)[C@H](CCC(=O)O)NC(=O)[C@H](CCC(=O)O)NC(=O)CNC(=O)[C@@H]1CCCN1C(=O)[C@H](CS)NC(=O)[C@H](Cc1ccc(O)cc1)NC(=O)[C@@H](N)CCCCN)C(=O)N[C@@H](Cc1ccccc1)C(=O)O. The number of phenolic OH excluding ortho intramolecular Hbond substituents is 1. The van der Waals surface area contributed by atoms with Gasteiger partial charge in [-0.25, -0.2) is 4.79 Å². The number of rotatable bonds is 33. The number of nitrogens with one attached hydrogen (secondary N) is 7. The van der Waals surface area contributed by atoms with Crippen LogP contribution >= 0.6 is 12.6 Å². The average Bonchev–Trinajstić information content (AvgIpc) is 3.87. The van der Waals surface area contributed by atoms with Crippen LogP contribution in [0, 0.1) is 5.92 Å². The van der Waals surface area contributed by atoms with Crippen LogP contribution in [0.4, 0.5) is 0 Å². The van der Waals surface area contributed by atoms with E-state index in [1.165, 1.54) is 17.0 Å². The first-order valence-electron chi connectivity index (χ1n) is 25.0. The number of carbonyl (C=O) groups excluding carboxylic acids is 8. The Bertz CT molecular complexity index is 2330. The van der Waals surface area contributed by atoms with Crippen molar-refractivity contribution in [1.29, 1.82) is 0 Å². The second-order valence-corrected chi connectivity index (χ2v) is 19.2. The van der Waals surface area contributed by atoms with Crippen molar-refractivity contribution in [2.24, 2.45) is 17.4 Å². The van der Waals surface area contributed by atoms with Crippen LogP contribution in [0.25, 0.3) is 0 Å². The zero-order valence-corrected chi connectivity index (χ0v) is 43.4. The zero-order chi connectivity index (χ0) is 56.5. The van der Waals surface area contributed by atoms with Gasteiger partial charge in [-0.2, -0.15) is 12.6 Å². The quantitative estimate of drug-likeness (QED) is 0.0284. The summed E-state index contributed by atoms with van der Waals surface area (Å²) in [5.74, 6) is -11.5. The Morgan fingerprint density at radius 3 is 1.72 bits per heavy atom. The van der Waals surface area contributed by atoms with Gasteiger partial charge in [-0.1, -0.05) is 62.7 Å². The zero-order valence-electron chi connectivity index (χ0n) is 42.5. The van der Waals surface area contributed by atoms with Crippen molar-refractivity contribution in [3.8, 4) is 5.75 Å². The van der Waals surface area contributed by atoms with E-state index in [1.54, 1.807) is 56.3 Å². The van der Waals surface area contributed by atoms with Crippen LogP contribution in [0.3, 0.4) is 0 Å². The van der Waals surface area contributed by atoms with Crippen molar-refractivity contribution in [1.82, 2.24) is 42.1 Å². The van der Waals surface area contributed by atoms with Crippen LogP contribution < -0.4 is 48.7 Å². The number of nitrogens with zero attached hydrogens (tertiary/aromatic N) is 1. The molecule has 1 heterocycles. The number of likely N-dealkylation sites (tertiary alicyclic amines) is 1. The van der Waals surface area contributed by atoms with Gasteiger partial charge in [0.1, 0.15) is 48.0 Å². The lowest BCUT2D eigenvalue weighted by Gasteiger charge is -2.29. The first-order valence-corrected chi connectivity index (χ1v) is 25.6. The van der Waals surface area contributed by atoms with E-state index in [9.17, 15) is 73.2 Å². The number of carboxylic acid groups (broad SMARTS) is 3. The van der Waals surface area contributed by atoms with Gasteiger partial charge in [0, 0.05) is 38.0 Å². The smallest absolute Gasteiger partial charge is 0.326 e. The van der Waals surface area contributed by atoms with Gasteiger partial charge in [0.05, 0.1) is 12.6 Å². The molecule has 0 spiro atoms. The number of hydrogen-bond acceptors (Lipinski definition) is 15. The number of phenols is 1. The Morgan fingerprint density at radius 2 is 1.16 bits per heavy atom. The van der Waals surface area contributed by atoms with Gasteiger partial charge < -0.3 is 74.0 Å². The molecule has 0 bridgehead atoms. The highest BCUT2D eigenvalue weighted by Crippen LogP contribution is 2.20. The summed E-state index contributed by atoms with van der Waals surface area (Å²) in [5.41, 5.74) is 12.8. The Morgan fingerprint density at radius 1 is 0.645 bits per heavy atom. The third-order valence-electron chi connectivity index (χ3n) is 12.2. The molecule has 2 aromatic carbocycles. The first kappa shape index (κ1) is 63.0. The topological polar surface area (TPSA) is 408 Å². The van der Waals surface area contributed by atoms with Gasteiger partial charge >= 0.3 is 17.9 Å². The van der Waals surface area contributed by atoms with Gasteiger partial charge in [0.15, 0.2) is 0 Å². The molecular weight excluding hydrogens is 1010 g/mol. The lowest BCUT2D eigenvalue weighted by molar-refractivity contribution is -0.142. The summed E-state index contributed by atoms with van der Waals surface area (Å²) in [4.78, 5) is 145. The molecule has 26 heteroatoms. The highest BCUT2D eigenvalue weighted by Gasteiger charge is 2.39. The summed E-state index contributed by atoms with van der Waals surface area (Å²) < 4.78 is 0. The van der Waals surface area contributed by atoms with Crippen LogP contribution in [-0.4, -0.2) is 164 Å². The second-order valence-electron chi connectivity index (χ2n) is 18.8. The van der Waals surface area contributed by atoms with E-state index in [0.29, 0.717) is 43.4 Å². The molecule has 25 nitrogen and oxygen atoms in total. The van der Waals surface area contributed by atoms with Gasteiger partial charge in [0.2, 0.25) is 47.3 Å². The fourth-order valence-corrected chi connectivity index (χ4v) is 8.38. The van der Waals surface area contributed by atoms with E-state index in [1.807, 2.05) is 0 Å². The highest BCUT2D eigenvalue weighted by molar-refractivity contribution is 7.80. The molecule has 76 heavy (non-hydrogen) atoms. The van der Waals surface area contributed by atoms with E-state index >= 15 is 0 Å². The predicted octanol–water partition coefficient (Wildman–Crippen LogP) is -1.56. The number of benzene rings is 2. The maximum Gasteiger partial charge on any atom is 0.326 e. The standard InChI is InChI=1S/C50H72N10O15S/c1-28(2)23-35(46(70)58-37(50(74)75)25-29-9-4-3-5-10-29)57-45(69)34(18-20-42(65)66)55-44(68)33(17-19-41(63)64)54-40(62)26-53-48(72)39-12-8-22-60(39)49(73)38(27-76)59-47(71)36(24-30-13-15-31(61)16-14-30)56-43(67)32(52)11-6-7-21-51/h3-5,9-10,13-16,28,32-39,61,76H,6-8,11-12,17-27,51-52H2,1-2H3,(H,53,72)(H,54,62)(H,55,68)(H,56,67)(H,57,69)(H,58,70)(H,59,71)(H,63,64)(H,65,66)(H,74,75)/t32-,33-,34-,35-,36-,37-,38-,39-/m0/s1. The molecule has 1 saturated heterocycles. The summed E-state index contributed by atoms with van der Waals surface area (Å²) in [7, 11) is 0. The van der Waals surface area contributed by atoms with E-state index < -0.39 is 146 Å². The third kappa shape index (κ3) is 21.9. The number of carboxylic acids is 3. The van der Waals surface area contributed by atoms with Crippen molar-refractivity contribution in [3.63, 3.8) is 0 Å². The monoisotopic (exact) mass is 1080 g/mol. The van der Waals surface area contributed by atoms with E-state index in [0.717, 1.165) is 0 Å². The number of unbranched alkanes of at least 4 members (excludes halogenated alkanes) is 1. The summed E-state index contributed by atoms with van der Waals surface area (Å²) >= 11 is 4.28. The molecule has 418 valence electrons. The number of carbonyl (C=O) groups is 11. The maximum atomic E-state index is 14.0. The van der Waals surface area contributed by atoms with Gasteiger partial charge in [-0.15, -0.1) is 0 Å². The molecule has 8 amide bonds. The Labute approximate surface area is 445 Å². The largest absolute Gasteiger partial charge is 0.508 e. The fraction of sp³-hybridized carbons (Fsp3) is 0.540. The molecule has 1 aliphatic rings. The minimum absolute atomic E-state index is 0.00592. The summed E-state index contributed by atoms with van der Waals surface area (Å²) in [5, 5.41) is 55.8. The van der Waals surface area contributed by atoms with Crippen LogP contribution in [0.1, 0.15) is 89.2 Å². The molecule has 3 rings (SSSR count). The second kappa shape index (κ2) is 32.2. The molecule has 15 N–H and O–H groups in total. The lowest BCUT2D eigenvalue weighted by Crippen LogP contribution is -2.59. The minimum Gasteiger partial charge on any atom is -0.508 e. The predicted molar refractivity (Wildman–Crippen MR) is 277 cm³/mol. The van der Waals surface area contributed by atoms with Crippen molar-refractivity contribution >= 4 is 77.8 Å². The Kier molecular flexibility index (Phi) is 26.7. The van der Waals surface area contributed by atoms with Crippen LogP contribution in [0.2, 0.25) is 0 Å². The molecule has 0 unspecified atom stereocenters. The number of aromatic hydroxyl groups is 1. The minimum atomic E-state index is -1.66. The third-order valence-corrected chi connectivity index (χ3v) is 12.6. The first-order chi connectivity index (χ1) is 36.0. The molecule has 0 saturated carbocycles. The Balaban J connectivity index is 1.72. The number of nitrogens with two attached hydrogens (primary N) is 2.